The molecule has 1 aromatic rings. The number of aromatic nitrogens is 1. The number of aromatic amines is 1. The average Bonchev–Trinajstić information content (AvgIpc) is 2.54. The molecule has 0 amide bonds. The normalized spacial score (nSPS) is 22.3. The molecule has 1 aliphatic carbocycles. The van der Waals surface area contributed by atoms with Crippen LogP contribution < -0.4 is 10.8 Å². The molecule has 76 valence electrons. The molecule has 0 saturated heterocycles. The molecule has 15 heavy (non-hydrogen) atoms. The van der Waals surface area contributed by atoms with Crippen molar-refractivity contribution in [2.75, 3.05) is 0 Å². The molecule has 3 rings (SSSR count). The van der Waals surface area contributed by atoms with Gasteiger partial charge in [0.1, 0.15) is 5.49 Å². The van der Waals surface area contributed by atoms with Crippen LogP contribution in [0.1, 0.15) is 37.3 Å². The zero-order valence-corrected chi connectivity index (χ0v) is 9.04. The van der Waals surface area contributed by atoms with Gasteiger partial charge >= 0.3 is 0 Å². The van der Waals surface area contributed by atoms with E-state index in [-0.39, 0.29) is 0 Å². The first kappa shape index (κ1) is 8.72. The van der Waals surface area contributed by atoms with Gasteiger partial charge in [-0.25, -0.2) is 4.99 Å². The number of nitrogens with zero attached hydrogens (tertiary/aromatic N) is 1. The van der Waals surface area contributed by atoms with E-state index in [1.165, 1.54) is 16.5 Å². The quantitative estimate of drug-likeness (QED) is 0.659. The fourth-order valence-electron chi connectivity index (χ4n) is 2.46. The summed E-state index contributed by atoms with van der Waals surface area (Å²) in [4.78, 5) is 7.95. The number of nitrogens with one attached hydrogen (secondary N) is 1. The molecular formula is C13H14N2. The highest BCUT2D eigenvalue weighted by Crippen LogP contribution is 2.22. The third kappa shape index (κ3) is 1.21. The maximum absolute atomic E-state index is 4.55. The average molecular weight is 198 g/mol. The van der Waals surface area contributed by atoms with Crippen LogP contribution in [0.3, 0.4) is 0 Å². The van der Waals surface area contributed by atoms with Crippen LogP contribution in [0, 0.1) is 0 Å². The Morgan fingerprint density at radius 3 is 3.20 bits per heavy atom. The molecular weight excluding hydrogens is 184 g/mol. The predicted molar refractivity (Wildman–Crippen MR) is 61.9 cm³/mol. The Bertz CT molecular complexity index is 585. The van der Waals surface area contributed by atoms with Crippen LogP contribution in [0.15, 0.2) is 22.8 Å². The van der Waals surface area contributed by atoms with E-state index in [1.807, 2.05) is 0 Å². The summed E-state index contributed by atoms with van der Waals surface area (Å²) in [7, 11) is 0. The Morgan fingerprint density at radius 1 is 1.47 bits per heavy atom. The predicted octanol–water partition coefficient (Wildman–Crippen LogP) is 1.85. The minimum atomic E-state index is 0.466. The smallest absolute Gasteiger partial charge is 0.135 e. The lowest BCUT2D eigenvalue weighted by Gasteiger charge is -2.11. The Hall–Kier alpha value is -1.57. The molecule has 0 saturated carbocycles. The zero-order valence-electron chi connectivity index (χ0n) is 9.04. The summed E-state index contributed by atoms with van der Waals surface area (Å²) < 4.78 is 0. The largest absolute Gasteiger partial charge is 0.340 e. The summed E-state index contributed by atoms with van der Waals surface area (Å²) in [6, 6.07) is 0. The lowest BCUT2D eigenvalue weighted by molar-refractivity contribution is 0.882. The Balaban J connectivity index is 2.39. The minimum absolute atomic E-state index is 0.466. The number of allylic oxidation sites excluding steroid dienone is 3. The van der Waals surface area contributed by atoms with E-state index in [0.29, 0.717) is 5.92 Å². The first-order valence-corrected chi connectivity index (χ1v) is 5.41. The molecule has 1 aliphatic heterocycles. The second-order valence-corrected chi connectivity index (χ2v) is 4.27. The lowest BCUT2D eigenvalue weighted by Crippen LogP contribution is -2.16. The van der Waals surface area contributed by atoms with Gasteiger partial charge in [-0.2, -0.15) is 0 Å². The Labute approximate surface area is 88.7 Å². The zero-order chi connectivity index (χ0) is 10.4. The molecule has 1 aromatic heterocycles. The van der Waals surface area contributed by atoms with Crippen LogP contribution in [-0.2, 0) is 0 Å². The van der Waals surface area contributed by atoms with Crippen LogP contribution in [0.4, 0.5) is 0 Å². The number of hydrogen-bond donors (Lipinski definition) is 1. The van der Waals surface area contributed by atoms with Gasteiger partial charge in [0.05, 0.1) is 0 Å². The van der Waals surface area contributed by atoms with E-state index in [0.717, 1.165) is 17.6 Å². The van der Waals surface area contributed by atoms with E-state index in [2.05, 4.69) is 48.1 Å². The number of H-pyrrole nitrogens is 1. The highest BCUT2D eigenvalue weighted by Gasteiger charge is 2.17. The van der Waals surface area contributed by atoms with E-state index >= 15 is 0 Å². The van der Waals surface area contributed by atoms with E-state index in [1.54, 1.807) is 0 Å². The van der Waals surface area contributed by atoms with Crippen molar-refractivity contribution in [3.05, 3.63) is 39.8 Å². The molecule has 1 atom stereocenters. The van der Waals surface area contributed by atoms with Gasteiger partial charge in [0.2, 0.25) is 0 Å². The van der Waals surface area contributed by atoms with Crippen molar-refractivity contribution in [3.63, 3.8) is 0 Å². The summed E-state index contributed by atoms with van der Waals surface area (Å²) in [6.45, 7) is 4.28. The number of hydrogen-bond acceptors (Lipinski definition) is 1. The number of fused-ring (bicyclic) bond motifs is 3. The van der Waals surface area contributed by atoms with Crippen molar-refractivity contribution < 1.29 is 0 Å². The van der Waals surface area contributed by atoms with Crippen LogP contribution in [0.25, 0.3) is 12.2 Å². The third-order valence-corrected chi connectivity index (χ3v) is 3.07. The molecule has 0 bridgehead atoms. The molecule has 1 N–H and O–H groups in total. The summed E-state index contributed by atoms with van der Waals surface area (Å²) in [5.41, 5.74) is 4.84. The second kappa shape index (κ2) is 2.96. The van der Waals surface area contributed by atoms with Gasteiger partial charge in [0.25, 0.3) is 0 Å². The maximum Gasteiger partial charge on any atom is 0.135 e. The molecule has 2 aliphatic rings. The Morgan fingerprint density at radius 2 is 2.33 bits per heavy atom. The minimum Gasteiger partial charge on any atom is -0.340 e. The monoisotopic (exact) mass is 198 g/mol. The third-order valence-electron chi connectivity index (χ3n) is 3.07. The summed E-state index contributed by atoms with van der Waals surface area (Å²) in [5.74, 6) is 0.466. The highest BCUT2D eigenvalue weighted by molar-refractivity contribution is 5.61. The van der Waals surface area contributed by atoms with Crippen molar-refractivity contribution in [1.29, 1.82) is 0 Å². The first-order valence-electron chi connectivity index (χ1n) is 5.41. The van der Waals surface area contributed by atoms with Crippen molar-refractivity contribution in [1.82, 2.24) is 4.98 Å². The van der Waals surface area contributed by atoms with Gasteiger partial charge in [0, 0.05) is 28.1 Å². The molecule has 2 nitrogen and oxygen atoms in total. The molecule has 2 heterocycles. The van der Waals surface area contributed by atoms with Gasteiger partial charge in [-0.1, -0.05) is 31.2 Å². The standard InChI is InChI=1S/C13H14N2/c1-8-7-9(2)14-13-12(8)10-5-3-4-6-11(10)15-13/h3,5-8H,4H2,1-2H3,(H,14,15). The molecule has 1 unspecified atom stereocenters. The maximum atomic E-state index is 4.55. The van der Waals surface area contributed by atoms with Crippen molar-refractivity contribution >= 4 is 12.2 Å². The van der Waals surface area contributed by atoms with Gasteiger partial charge in [-0.05, 0) is 13.3 Å². The molecule has 2 heteroatoms. The molecule has 0 radical (unpaired) electrons. The molecule has 0 aromatic carbocycles. The van der Waals surface area contributed by atoms with Crippen molar-refractivity contribution in [3.8, 4) is 0 Å². The van der Waals surface area contributed by atoms with Gasteiger partial charge in [-0.15, -0.1) is 0 Å². The van der Waals surface area contributed by atoms with E-state index in [4.69, 9.17) is 0 Å². The van der Waals surface area contributed by atoms with Crippen molar-refractivity contribution in [2.45, 2.75) is 26.2 Å². The van der Waals surface area contributed by atoms with Crippen molar-refractivity contribution in [2.24, 2.45) is 4.99 Å². The highest BCUT2D eigenvalue weighted by atomic mass is 14.9. The fourth-order valence-corrected chi connectivity index (χ4v) is 2.46. The summed E-state index contributed by atoms with van der Waals surface area (Å²) >= 11 is 0. The van der Waals surface area contributed by atoms with Gasteiger partial charge < -0.3 is 4.98 Å². The van der Waals surface area contributed by atoms with Crippen LogP contribution in [0.5, 0.6) is 0 Å². The van der Waals surface area contributed by atoms with Crippen LogP contribution in [-0.4, -0.2) is 4.98 Å². The molecule has 0 fully saturated rings. The van der Waals surface area contributed by atoms with Crippen LogP contribution >= 0.6 is 0 Å². The Kier molecular flexibility index (Phi) is 1.72. The van der Waals surface area contributed by atoms with E-state index < -0.39 is 0 Å². The first-order chi connectivity index (χ1) is 7.25. The lowest BCUT2D eigenvalue weighted by atomic mass is 9.95. The summed E-state index contributed by atoms with van der Waals surface area (Å²) in [5, 5.41) is 1.24. The molecule has 0 spiro atoms. The second-order valence-electron chi connectivity index (χ2n) is 4.27. The SMILES string of the molecule is CC1=CC(C)c2c3c([nH]c2=N1)=CCC=C3. The fraction of sp³-hybridized carbons (Fsp3) is 0.308. The van der Waals surface area contributed by atoms with Gasteiger partial charge in [-0.3, -0.25) is 0 Å². The van der Waals surface area contributed by atoms with Crippen LogP contribution in [0.2, 0.25) is 0 Å². The topological polar surface area (TPSA) is 28.1 Å². The van der Waals surface area contributed by atoms with E-state index in [9.17, 15) is 0 Å². The number of rotatable bonds is 0. The van der Waals surface area contributed by atoms with Gasteiger partial charge in [0.15, 0.2) is 0 Å². The summed E-state index contributed by atoms with van der Waals surface area (Å²) in [6.07, 6.45) is 9.89.